The van der Waals surface area contributed by atoms with Crippen LogP contribution in [0.2, 0.25) is 0 Å². The van der Waals surface area contributed by atoms with Crippen molar-refractivity contribution in [2.24, 2.45) is 0 Å². The molecule has 98 valence electrons. The maximum absolute atomic E-state index is 11.8. The Hall–Kier alpha value is -2.63. The van der Waals surface area contributed by atoms with Crippen molar-refractivity contribution < 1.29 is 14.3 Å². The third-order valence-corrected chi connectivity index (χ3v) is 2.61. The number of nitrogens with two attached hydrogens (primary N) is 1. The van der Waals surface area contributed by atoms with Crippen molar-refractivity contribution in [2.75, 3.05) is 19.4 Å². The van der Waals surface area contributed by atoms with Crippen LogP contribution >= 0.6 is 0 Å². The van der Waals surface area contributed by atoms with Crippen molar-refractivity contribution in [3.8, 4) is 0 Å². The molecule has 1 aromatic heterocycles. The second kappa shape index (κ2) is 5.34. The highest BCUT2D eigenvalue weighted by molar-refractivity contribution is 5.98. The number of pyridine rings is 1. The Labute approximate surface area is 109 Å². The summed E-state index contributed by atoms with van der Waals surface area (Å²) in [6.07, 6.45) is 0. The zero-order chi connectivity index (χ0) is 13.8. The van der Waals surface area contributed by atoms with Crippen LogP contribution < -0.4 is 11.1 Å². The van der Waals surface area contributed by atoms with Crippen molar-refractivity contribution in [2.45, 2.75) is 0 Å². The molecule has 0 atom stereocenters. The van der Waals surface area contributed by atoms with Crippen LogP contribution in [0.25, 0.3) is 10.9 Å². The van der Waals surface area contributed by atoms with E-state index in [0.29, 0.717) is 11.2 Å². The fourth-order valence-corrected chi connectivity index (χ4v) is 1.61. The predicted octanol–water partition coefficient (Wildman–Crippen LogP) is 0.720. The predicted molar refractivity (Wildman–Crippen MR) is 70.5 cm³/mol. The Morgan fingerprint density at radius 3 is 2.84 bits per heavy atom. The Bertz CT molecular complexity index is 640. The number of aromatic nitrogens is 1. The molecule has 3 N–H and O–H groups in total. The molecule has 6 nitrogen and oxygen atoms in total. The van der Waals surface area contributed by atoms with E-state index in [-0.39, 0.29) is 12.2 Å². The second-order valence-corrected chi connectivity index (χ2v) is 3.87. The molecule has 19 heavy (non-hydrogen) atoms. The van der Waals surface area contributed by atoms with E-state index in [9.17, 15) is 9.59 Å². The van der Waals surface area contributed by atoms with E-state index in [0.717, 1.165) is 5.39 Å². The van der Waals surface area contributed by atoms with Gasteiger partial charge in [-0.3, -0.25) is 9.59 Å². The summed E-state index contributed by atoms with van der Waals surface area (Å²) in [4.78, 5) is 26.9. The Morgan fingerprint density at radius 2 is 2.11 bits per heavy atom. The third kappa shape index (κ3) is 2.79. The molecule has 0 unspecified atom stereocenters. The van der Waals surface area contributed by atoms with Gasteiger partial charge >= 0.3 is 5.97 Å². The average molecular weight is 259 g/mol. The maximum atomic E-state index is 11.8. The van der Waals surface area contributed by atoms with Crippen molar-refractivity contribution in [3.63, 3.8) is 0 Å². The number of carbonyl (C=O) groups is 2. The minimum Gasteiger partial charge on any atom is -0.468 e. The molecule has 2 rings (SSSR count). The number of nitrogen functional groups attached to an aromatic ring is 1. The molecule has 0 aliphatic carbocycles. The molecule has 0 fully saturated rings. The molecule has 0 aliphatic rings. The molecule has 1 heterocycles. The van der Waals surface area contributed by atoms with Crippen LogP contribution in [0, 0.1) is 0 Å². The number of amides is 1. The van der Waals surface area contributed by atoms with Crippen LogP contribution in [-0.4, -0.2) is 30.5 Å². The Balaban J connectivity index is 2.23. The highest BCUT2D eigenvalue weighted by Crippen LogP contribution is 2.18. The number of nitrogens with zero attached hydrogens (tertiary/aromatic N) is 1. The fourth-order valence-electron chi connectivity index (χ4n) is 1.61. The highest BCUT2D eigenvalue weighted by atomic mass is 16.5. The summed E-state index contributed by atoms with van der Waals surface area (Å²) in [5, 5.41) is 3.27. The number of benzene rings is 1. The summed E-state index contributed by atoms with van der Waals surface area (Å²) >= 11 is 0. The van der Waals surface area contributed by atoms with Gasteiger partial charge in [-0.25, -0.2) is 4.98 Å². The maximum Gasteiger partial charge on any atom is 0.325 e. The standard InChI is InChI=1S/C13H13N3O3/c1-19-11(17)7-15-13(18)10-6-5-8-3-2-4-9(14)12(8)16-10/h2-6H,7,14H2,1H3,(H,15,18). The fraction of sp³-hybridized carbons (Fsp3) is 0.154. The number of hydrogen-bond acceptors (Lipinski definition) is 5. The van der Waals surface area contributed by atoms with Gasteiger partial charge in [-0.1, -0.05) is 18.2 Å². The number of para-hydroxylation sites is 1. The summed E-state index contributed by atoms with van der Waals surface area (Å²) in [5.41, 5.74) is 7.07. The molecule has 0 saturated carbocycles. The van der Waals surface area contributed by atoms with E-state index >= 15 is 0 Å². The number of fused-ring (bicyclic) bond motifs is 1. The van der Waals surface area contributed by atoms with E-state index in [1.165, 1.54) is 7.11 Å². The topological polar surface area (TPSA) is 94.3 Å². The zero-order valence-electron chi connectivity index (χ0n) is 10.3. The van der Waals surface area contributed by atoms with Gasteiger partial charge in [0.15, 0.2) is 0 Å². The minimum absolute atomic E-state index is 0.195. The van der Waals surface area contributed by atoms with Crippen LogP contribution in [0.3, 0.4) is 0 Å². The van der Waals surface area contributed by atoms with Gasteiger partial charge in [-0.05, 0) is 12.1 Å². The smallest absolute Gasteiger partial charge is 0.325 e. The first-order valence-corrected chi connectivity index (χ1v) is 5.62. The van der Waals surface area contributed by atoms with Crippen molar-refractivity contribution in [1.29, 1.82) is 0 Å². The number of carbonyl (C=O) groups excluding carboxylic acids is 2. The first-order valence-electron chi connectivity index (χ1n) is 5.62. The van der Waals surface area contributed by atoms with E-state index in [1.54, 1.807) is 18.2 Å². The van der Waals surface area contributed by atoms with Gasteiger partial charge in [0.05, 0.1) is 18.3 Å². The molecule has 6 heteroatoms. The van der Waals surface area contributed by atoms with Gasteiger partial charge < -0.3 is 15.8 Å². The molecule has 2 aromatic rings. The molecular weight excluding hydrogens is 246 g/mol. The van der Waals surface area contributed by atoms with Crippen molar-refractivity contribution in [1.82, 2.24) is 10.3 Å². The van der Waals surface area contributed by atoms with Crippen LogP contribution in [0.5, 0.6) is 0 Å². The lowest BCUT2D eigenvalue weighted by molar-refractivity contribution is -0.139. The van der Waals surface area contributed by atoms with Crippen molar-refractivity contribution in [3.05, 3.63) is 36.0 Å². The van der Waals surface area contributed by atoms with Crippen LogP contribution in [0.1, 0.15) is 10.5 Å². The van der Waals surface area contributed by atoms with Gasteiger partial charge in [0.25, 0.3) is 5.91 Å². The number of methoxy groups -OCH3 is 1. The SMILES string of the molecule is COC(=O)CNC(=O)c1ccc2cccc(N)c2n1. The lowest BCUT2D eigenvalue weighted by Gasteiger charge is -2.05. The molecule has 0 bridgehead atoms. The summed E-state index contributed by atoms with van der Waals surface area (Å²) in [6, 6.07) is 8.72. The average Bonchev–Trinajstić information content (AvgIpc) is 2.44. The zero-order valence-corrected chi connectivity index (χ0v) is 10.3. The van der Waals surface area contributed by atoms with Gasteiger partial charge in [0, 0.05) is 5.39 Å². The van der Waals surface area contributed by atoms with Gasteiger partial charge in [-0.2, -0.15) is 0 Å². The number of ether oxygens (including phenoxy) is 1. The minimum atomic E-state index is -0.520. The van der Waals surface area contributed by atoms with Gasteiger partial charge in [0.1, 0.15) is 12.2 Å². The number of hydrogen-bond donors (Lipinski definition) is 2. The van der Waals surface area contributed by atoms with Crippen molar-refractivity contribution >= 4 is 28.5 Å². The largest absolute Gasteiger partial charge is 0.468 e. The molecule has 1 amide bonds. The molecule has 0 spiro atoms. The number of esters is 1. The van der Waals surface area contributed by atoms with E-state index in [1.807, 2.05) is 12.1 Å². The first-order chi connectivity index (χ1) is 9.11. The Kier molecular flexibility index (Phi) is 3.61. The van der Waals surface area contributed by atoms with Gasteiger partial charge in [0.2, 0.25) is 0 Å². The molecule has 0 saturated heterocycles. The van der Waals surface area contributed by atoms with E-state index < -0.39 is 11.9 Å². The van der Waals surface area contributed by atoms with E-state index in [4.69, 9.17) is 5.73 Å². The molecular formula is C13H13N3O3. The van der Waals surface area contributed by atoms with E-state index in [2.05, 4.69) is 15.0 Å². The number of anilines is 1. The van der Waals surface area contributed by atoms with Crippen LogP contribution in [-0.2, 0) is 9.53 Å². The molecule has 1 aromatic carbocycles. The summed E-state index contributed by atoms with van der Waals surface area (Å²) in [5.74, 6) is -0.968. The van der Waals surface area contributed by atoms with Crippen LogP contribution in [0.4, 0.5) is 5.69 Å². The second-order valence-electron chi connectivity index (χ2n) is 3.87. The monoisotopic (exact) mass is 259 g/mol. The summed E-state index contributed by atoms with van der Waals surface area (Å²) < 4.78 is 4.43. The van der Waals surface area contributed by atoms with Gasteiger partial charge in [-0.15, -0.1) is 0 Å². The number of rotatable bonds is 3. The molecule has 0 aliphatic heterocycles. The summed E-state index contributed by atoms with van der Waals surface area (Å²) in [7, 11) is 1.25. The Morgan fingerprint density at radius 1 is 1.32 bits per heavy atom. The highest BCUT2D eigenvalue weighted by Gasteiger charge is 2.10. The number of nitrogens with one attached hydrogen (secondary N) is 1. The quantitative estimate of drug-likeness (QED) is 0.625. The van der Waals surface area contributed by atoms with Crippen LogP contribution in [0.15, 0.2) is 30.3 Å². The third-order valence-electron chi connectivity index (χ3n) is 2.61. The lowest BCUT2D eigenvalue weighted by atomic mass is 10.1. The lowest BCUT2D eigenvalue weighted by Crippen LogP contribution is -2.30. The normalized spacial score (nSPS) is 10.2. The first kappa shape index (κ1) is 12.8. The summed E-state index contributed by atoms with van der Waals surface area (Å²) in [6.45, 7) is -0.195. The molecule has 0 radical (unpaired) electrons.